The molecule has 4 rings (SSSR count). The van der Waals surface area contributed by atoms with E-state index in [1.165, 1.54) is 43.0 Å². The van der Waals surface area contributed by atoms with Gasteiger partial charge < -0.3 is 20.1 Å². The van der Waals surface area contributed by atoms with Crippen LogP contribution in [0.1, 0.15) is 73.0 Å². The van der Waals surface area contributed by atoms with Crippen molar-refractivity contribution in [3.05, 3.63) is 76.9 Å². The fraction of sp³-hybridized carbons (Fsp3) is 0.355. The maximum atomic E-state index is 11.8. The van der Waals surface area contributed by atoms with Gasteiger partial charge in [0, 0.05) is 24.8 Å². The van der Waals surface area contributed by atoms with Crippen LogP contribution in [0.25, 0.3) is 0 Å². The van der Waals surface area contributed by atoms with Crippen LogP contribution in [0.15, 0.2) is 54.6 Å². The summed E-state index contributed by atoms with van der Waals surface area (Å²) in [5.41, 5.74) is 5.22. The number of aryl methyl sites for hydroxylation is 2. The number of carbonyl (C=O) groups is 1. The van der Waals surface area contributed by atoms with E-state index >= 15 is 0 Å². The first-order chi connectivity index (χ1) is 18.0. The number of fused-ring (bicyclic) bond motifs is 2. The van der Waals surface area contributed by atoms with Crippen molar-refractivity contribution in [2.24, 2.45) is 0 Å². The summed E-state index contributed by atoms with van der Waals surface area (Å²) in [5.74, 6) is -0.132. The number of hydrogen-bond donors (Lipinski definition) is 2. The highest BCUT2D eigenvalue weighted by Crippen LogP contribution is 2.44. The molecule has 0 amide bonds. The Morgan fingerprint density at radius 2 is 1.68 bits per heavy atom. The van der Waals surface area contributed by atoms with E-state index in [1.807, 2.05) is 24.3 Å². The average Bonchev–Trinajstić information content (AvgIpc) is 2.91. The van der Waals surface area contributed by atoms with Crippen molar-refractivity contribution in [1.82, 2.24) is 0 Å². The fourth-order valence-corrected chi connectivity index (χ4v) is 4.70. The van der Waals surface area contributed by atoms with Crippen LogP contribution in [-0.4, -0.2) is 24.2 Å². The topological polar surface area (TPSA) is 85.6 Å². The Morgan fingerprint density at radius 3 is 2.35 bits per heavy atom. The summed E-state index contributed by atoms with van der Waals surface area (Å²) < 4.78 is 5.95. The monoisotopic (exact) mass is 497 g/mol. The quantitative estimate of drug-likeness (QED) is 0.209. The van der Waals surface area contributed by atoms with E-state index in [0.29, 0.717) is 17.2 Å². The van der Waals surface area contributed by atoms with Gasteiger partial charge in [0.15, 0.2) is 11.5 Å². The maximum Gasteiger partial charge on any atom is 0.338 e. The Bertz CT molecular complexity index is 1290. The molecule has 37 heavy (non-hydrogen) atoms. The predicted octanol–water partition coefficient (Wildman–Crippen LogP) is 7.69. The summed E-state index contributed by atoms with van der Waals surface area (Å²) in [5, 5.41) is 22.1. The number of ether oxygens (including phenoxy) is 1. The van der Waals surface area contributed by atoms with Crippen LogP contribution in [0.5, 0.6) is 11.5 Å². The molecule has 0 saturated heterocycles. The molecule has 6 heteroatoms. The van der Waals surface area contributed by atoms with Crippen LogP contribution in [0.4, 0.5) is 17.1 Å². The zero-order chi connectivity index (χ0) is 26.2. The lowest BCUT2D eigenvalue weighted by Crippen LogP contribution is -2.25. The zero-order valence-corrected chi connectivity index (χ0v) is 21.7. The molecule has 1 aliphatic rings. The normalized spacial score (nSPS) is 11.5. The fourth-order valence-electron chi connectivity index (χ4n) is 4.70. The molecule has 3 aromatic carbocycles. The number of nitrogens with zero attached hydrogens (tertiary/aromatic N) is 2. The molecular formula is C31H35N3O3. The van der Waals surface area contributed by atoms with Crippen molar-refractivity contribution in [3.63, 3.8) is 0 Å². The summed E-state index contributed by atoms with van der Waals surface area (Å²) in [6, 6.07) is 19.8. The van der Waals surface area contributed by atoms with Gasteiger partial charge >= 0.3 is 5.97 Å². The second-order valence-electron chi connectivity index (χ2n) is 9.59. The van der Waals surface area contributed by atoms with Gasteiger partial charge in [-0.25, -0.2) is 4.79 Å². The Hall–Kier alpha value is -3.98. The molecule has 0 bridgehead atoms. The van der Waals surface area contributed by atoms with Gasteiger partial charge in [0.25, 0.3) is 0 Å². The Morgan fingerprint density at radius 1 is 0.946 bits per heavy atom. The number of carboxylic acid groups (broad SMARTS) is 1. The van der Waals surface area contributed by atoms with E-state index in [-0.39, 0.29) is 11.1 Å². The first-order valence-electron chi connectivity index (χ1n) is 13.3. The molecule has 1 aliphatic heterocycles. The van der Waals surface area contributed by atoms with Crippen LogP contribution >= 0.6 is 0 Å². The van der Waals surface area contributed by atoms with E-state index < -0.39 is 5.97 Å². The molecule has 192 valence electrons. The molecule has 0 aromatic heterocycles. The molecule has 2 N–H and O–H groups in total. The Labute approximate surface area is 219 Å². The number of anilines is 3. The van der Waals surface area contributed by atoms with Gasteiger partial charge in [-0.2, -0.15) is 5.26 Å². The average molecular weight is 498 g/mol. The minimum atomic E-state index is -1.10. The third-order valence-electron chi connectivity index (χ3n) is 6.76. The van der Waals surface area contributed by atoms with E-state index in [2.05, 4.69) is 48.3 Å². The number of benzene rings is 3. The van der Waals surface area contributed by atoms with Crippen molar-refractivity contribution < 1.29 is 14.6 Å². The van der Waals surface area contributed by atoms with E-state index in [9.17, 15) is 15.2 Å². The second-order valence-corrected chi connectivity index (χ2v) is 9.59. The summed E-state index contributed by atoms with van der Waals surface area (Å²) in [6.45, 7) is 6.69. The van der Waals surface area contributed by atoms with Gasteiger partial charge in [-0.05, 0) is 73.6 Å². The van der Waals surface area contributed by atoms with Crippen molar-refractivity contribution >= 4 is 23.0 Å². The Kier molecular flexibility index (Phi) is 8.68. The third kappa shape index (κ3) is 6.42. The summed E-state index contributed by atoms with van der Waals surface area (Å²) >= 11 is 0. The lowest BCUT2D eigenvalue weighted by atomic mass is 10.0. The van der Waals surface area contributed by atoms with Crippen molar-refractivity contribution in [2.45, 2.75) is 58.8 Å². The minimum absolute atomic E-state index is 0.0249. The molecular weight excluding hydrogens is 462 g/mol. The smallest absolute Gasteiger partial charge is 0.338 e. The van der Waals surface area contributed by atoms with Crippen molar-refractivity contribution in [2.75, 3.05) is 23.3 Å². The lowest BCUT2D eigenvalue weighted by Gasteiger charge is -2.25. The lowest BCUT2D eigenvalue weighted by molar-refractivity contribution is 0.0697. The van der Waals surface area contributed by atoms with Crippen LogP contribution in [0.2, 0.25) is 0 Å². The SMILES string of the molecule is CCCCN(CCCC)c1cccc(CCCc2ccc3c(c2)Nc2c(cc(C#N)cc2C(=O)O)O3)c1. The van der Waals surface area contributed by atoms with Gasteiger partial charge in [-0.15, -0.1) is 0 Å². The van der Waals surface area contributed by atoms with Gasteiger partial charge in [0.05, 0.1) is 28.6 Å². The van der Waals surface area contributed by atoms with E-state index in [0.717, 1.165) is 43.6 Å². The van der Waals surface area contributed by atoms with Crippen molar-refractivity contribution in [3.8, 4) is 17.6 Å². The van der Waals surface area contributed by atoms with Gasteiger partial charge in [0.1, 0.15) is 0 Å². The van der Waals surface area contributed by atoms with Gasteiger partial charge in [0.2, 0.25) is 0 Å². The summed E-state index contributed by atoms with van der Waals surface area (Å²) in [4.78, 5) is 14.3. The number of rotatable bonds is 12. The minimum Gasteiger partial charge on any atom is -0.478 e. The highest BCUT2D eigenvalue weighted by Gasteiger charge is 2.24. The largest absolute Gasteiger partial charge is 0.478 e. The standard InChI is InChI=1S/C31H35N3O3/c1-3-5-15-34(16-6-4-2)25-12-8-11-22(17-25)9-7-10-23-13-14-28-27(19-23)33-30-26(31(35)36)18-24(21-32)20-29(30)37-28/h8,11-14,17-20,33H,3-7,9-10,15-16H2,1-2H3,(H,35,36). The molecule has 6 nitrogen and oxygen atoms in total. The number of unbranched alkanes of at least 4 members (excludes halogenated alkanes) is 2. The first-order valence-corrected chi connectivity index (χ1v) is 13.3. The van der Waals surface area contributed by atoms with Crippen LogP contribution < -0.4 is 15.0 Å². The molecule has 0 atom stereocenters. The number of aromatic carboxylic acids is 1. The van der Waals surface area contributed by atoms with Gasteiger partial charge in [-0.1, -0.05) is 44.9 Å². The summed E-state index contributed by atoms with van der Waals surface area (Å²) in [7, 11) is 0. The van der Waals surface area contributed by atoms with E-state index in [4.69, 9.17) is 4.74 Å². The highest BCUT2D eigenvalue weighted by molar-refractivity contribution is 5.99. The molecule has 1 heterocycles. The molecule has 0 unspecified atom stereocenters. The van der Waals surface area contributed by atoms with Crippen LogP contribution in [-0.2, 0) is 12.8 Å². The second kappa shape index (κ2) is 12.3. The molecule has 0 radical (unpaired) electrons. The number of nitrogens with one attached hydrogen (secondary N) is 1. The number of hydrogen-bond acceptors (Lipinski definition) is 5. The predicted molar refractivity (Wildman–Crippen MR) is 148 cm³/mol. The maximum absolute atomic E-state index is 11.8. The molecule has 0 spiro atoms. The zero-order valence-electron chi connectivity index (χ0n) is 21.7. The highest BCUT2D eigenvalue weighted by atomic mass is 16.5. The Balaban J connectivity index is 1.42. The first kappa shape index (κ1) is 26.1. The third-order valence-corrected chi connectivity index (χ3v) is 6.76. The van der Waals surface area contributed by atoms with Crippen LogP contribution in [0.3, 0.4) is 0 Å². The molecule has 0 saturated carbocycles. The van der Waals surface area contributed by atoms with Crippen molar-refractivity contribution in [1.29, 1.82) is 5.26 Å². The molecule has 0 aliphatic carbocycles. The van der Waals surface area contributed by atoms with E-state index in [1.54, 1.807) is 6.07 Å². The number of nitriles is 1. The molecule has 3 aromatic rings. The van der Waals surface area contributed by atoms with Gasteiger partial charge in [-0.3, -0.25) is 0 Å². The van der Waals surface area contributed by atoms with Crippen LogP contribution in [0, 0.1) is 11.3 Å². The molecule has 0 fully saturated rings. The number of carboxylic acids is 1. The summed E-state index contributed by atoms with van der Waals surface area (Å²) in [6.07, 6.45) is 7.73.